The highest BCUT2D eigenvalue weighted by molar-refractivity contribution is 7.15. The molecule has 0 amide bonds. The molecule has 1 fully saturated rings. The molecule has 2 heterocycles. The van der Waals surface area contributed by atoms with Crippen LogP contribution in [-0.4, -0.2) is 42.0 Å². The summed E-state index contributed by atoms with van der Waals surface area (Å²) in [5, 5.41) is 1.36. The Labute approximate surface area is 201 Å². The molecule has 176 valence electrons. The smallest absolute Gasteiger partial charge is 0.447 e. The van der Waals surface area contributed by atoms with E-state index < -0.39 is 17.7 Å². The van der Waals surface area contributed by atoms with Gasteiger partial charge in [-0.3, -0.25) is 0 Å². The van der Waals surface area contributed by atoms with Crippen LogP contribution in [0, 0.1) is 6.92 Å². The highest BCUT2D eigenvalue weighted by Crippen LogP contribution is 2.48. The molecule has 1 aromatic heterocycles. The number of aryl methyl sites for hydroxylation is 1. The van der Waals surface area contributed by atoms with Crippen LogP contribution in [0.2, 0.25) is 5.02 Å². The van der Waals surface area contributed by atoms with Crippen molar-refractivity contribution in [3.05, 3.63) is 45.6 Å². The number of hydrogen-bond donors (Lipinski definition) is 0. The highest BCUT2D eigenvalue weighted by Gasteiger charge is 2.53. The molecule has 9 heteroatoms. The minimum Gasteiger partial charge on any atom is -0.447 e. The molecular formula is C24H26ClNO6S. The third-order valence-electron chi connectivity index (χ3n) is 5.85. The van der Waals surface area contributed by atoms with Crippen LogP contribution in [0.25, 0.3) is 16.1 Å². The third kappa shape index (κ3) is 4.78. The quantitative estimate of drug-likeness (QED) is 0.479. The van der Waals surface area contributed by atoms with E-state index in [2.05, 4.69) is 0 Å². The van der Waals surface area contributed by atoms with Crippen LogP contribution in [0.3, 0.4) is 0 Å². The second-order valence-corrected chi connectivity index (χ2v) is 10.1. The summed E-state index contributed by atoms with van der Waals surface area (Å²) in [6, 6.07) is 7.32. The molecular weight excluding hydrogens is 466 g/mol. The summed E-state index contributed by atoms with van der Waals surface area (Å²) in [6.07, 6.45) is 1.16. The van der Waals surface area contributed by atoms with Crippen LogP contribution in [0.4, 0.5) is 4.79 Å². The summed E-state index contributed by atoms with van der Waals surface area (Å²) in [6.45, 7) is 5.34. The predicted molar refractivity (Wildman–Crippen MR) is 125 cm³/mol. The van der Waals surface area contributed by atoms with Crippen molar-refractivity contribution in [2.75, 3.05) is 7.11 Å². The van der Waals surface area contributed by atoms with Crippen LogP contribution in [0.15, 0.2) is 30.0 Å². The lowest BCUT2D eigenvalue weighted by Crippen LogP contribution is -2.40. The molecule has 0 N–H and O–H groups in total. The molecule has 0 saturated heterocycles. The molecule has 0 radical (unpaired) electrons. The largest absolute Gasteiger partial charge is 0.513 e. The molecule has 4 rings (SSSR count). The molecule has 1 aliphatic carbocycles. The number of aromatic nitrogens is 1. The summed E-state index contributed by atoms with van der Waals surface area (Å²) in [4.78, 5) is 31.2. The van der Waals surface area contributed by atoms with E-state index >= 15 is 0 Å². The van der Waals surface area contributed by atoms with E-state index in [9.17, 15) is 9.59 Å². The first-order valence-corrected chi connectivity index (χ1v) is 12.0. The summed E-state index contributed by atoms with van der Waals surface area (Å²) < 4.78 is 22.3. The maximum atomic E-state index is 13.2. The fourth-order valence-corrected chi connectivity index (χ4v) is 5.26. The summed E-state index contributed by atoms with van der Waals surface area (Å²) in [5.41, 5.74) is 0.477. The molecule has 7 nitrogen and oxygen atoms in total. The Morgan fingerprint density at radius 2 is 1.91 bits per heavy atom. The fraction of sp³-hybridized carbons (Fsp3) is 0.458. The molecule has 0 unspecified atom stereocenters. The molecule has 2 aromatic rings. The van der Waals surface area contributed by atoms with E-state index in [4.69, 9.17) is 35.5 Å². The van der Waals surface area contributed by atoms with Crippen molar-refractivity contribution < 1.29 is 28.5 Å². The predicted octanol–water partition coefficient (Wildman–Crippen LogP) is 5.93. The summed E-state index contributed by atoms with van der Waals surface area (Å²) in [7, 11) is 1.67. The molecule has 1 saturated carbocycles. The number of benzene rings is 1. The summed E-state index contributed by atoms with van der Waals surface area (Å²) in [5.74, 6) is -0.363. The van der Waals surface area contributed by atoms with Gasteiger partial charge in [0.05, 0.1) is 17.9 Å². The van der Waals surface area contributed by atoms with E-state index in [-0.39, 0.29) is 23.5 Å². The Bertz CT molecular complexity index is 1080. The van der Waals surface area contributed by atoms with Gasteiger partial charge in [-0.05, 0) is 58.6 Å². The lowest BCUT2D eigenvalue weighted by molar-refractivity contribution is -0.152. The van der Waals surface area contributed by atoms with Gasteiger partial charge in [-0.25, -0.2) is 14.6 Å². The topological polar surface area (TPSA) is 84.0 Å². The minimum absolute atomic E-state index is 0.0692. The van der Waals surface area contributed by atoms with Crippen molar-refractivity contribution in [3.8, 4) is 10.6 Å². The number of ether oxygens (including phenoxy) is 4. The van der Waals surface area contributed by atoms with Crippen molar-refractivity contribution >= 4 is 40.6 Å². The second-order valence-electron chi connectivity index (χ2n) is 8.47. The van der Waals surface area contributed by atoms with Gasteiger partial charge in [0.1, 0.15) is 10.6 Å². The number of carbonyl (C=O) groups is 2. The fourth-order valence-electron chi connectivity index (χ4n) is 4.21. The standard InChI is InChI=1S/C24H26ClNO6S/c1-13(2)30-23(28)31-20-18(22(27)32-24(20)11-9-17(29-4)10-12-24)19-14(3)33-21(26-19)15-5-7-16(25)8-6-15/h5-8,13,17H,9-12H2,1-4H3. The number of halogens is 1. The van der Waals surface area contributed by atoms with E-state index in [0.29, 0.717) is 36.4 Å². The third-order valence-corrected chi connectivity index (χ3v) is 7.12. The van der Waals surface area contributed by atoms with Gasteiger partial charge >= 0.3 is 12.1 Å². The average Bonchev–Trinajstić information content (AvgIpc) is 3.26. The normalized spacial score (nSPS) is 22.7. The van der Waals surface area contributed by atoms with E-state index in [1.54, 1.807) is 33.1 Å². The van der Waals surface area contributed by atoms with E-state index in [1.807, 2.05) is 19.1 Å². The first kappa shape index (κ1) is 23.7. The van der Waals surface area contributed by atoms with Crippen LogP contribution < -0.4 is 0 Å². The molecule has 0 atom stereocenters. The average molecular weight is 492 g/mol. The Hall–Kier alpha value is -2.42. The van der Waals surface area contributed by atoms with Crippen molar-refractivity contribution in [2.24, 2.45) is 0 Å². The minimum atomic E-state index is -1.03. The van der Waals surface area contributed by atoms with Gasteiger partial charge in [-0.1, -0.05) is 23.7 Å². The van der Waals surface area contributed by atoms with Gasteiger partial charge in [0, 0.05) is 22.6 Å². The van der Waals surface area contributed by atoms with Crippen LogP contribution >= 0.6 is 22.9 Å². The van der Waals surface area contributed by atoms with Gasteiger partial charge in [0.25, 0.3) is 0 Å². The number of rotatable bonds is 5. The SMILES string of the molecule is COC1CCC2(CC1)OC(=O)C(c1nc(-c3ccc(Cl)cc3)sc1C)=C2OC(=O)OC(C)C. The molecule has 1 aliphatic heterocycles. The maximum Gasteiger partial charge on any atom is 0.513 e. The van der Waals surface area contributed by atoms with Gasteiger partial charge in [0.15, 0.2) is 11.4 Å². The van der Waals surface area contributed by atoms with Crippen LogP contribution in [0.5, 0.6) is 0 Å². The monoisotopic (exact) mass is 491 g/mol. The number of esters is 1. The maximum absolute atomic E-state index is 13.2. The molecule has 1 aromatic carbocycles. The Balaban J connectivity index is 1.77. The molecule has 1 spiro atoms. The number of carbonyl (C=O) groups excluding carboxylic acids is 2. The van der Waals surface area contributed by atoms with Crippen LogP contribution in [-0.2, 0) is 23.7 Å². The van der Waals surface area contributed by atoms with Crippen molar-refractivity contribution in [1.82, 2.24) is 4.98 Å². The molecule has 33 heavy (non-hydrogen) atoms. The Morgan fingerprint density at radius 3 is 2.52 bits per heavy atom. The number of thiazole rings is 1. The van der Waals surface area contributed by atoms with Gasteiger partial charge in [-0.15, -0.1) is 11.3 Å². The van der Waals surface area contributed by atoms with Crippen molar-refractivity contribution in [1.29, 1.82) is 0 Å². The summed E-state index contributed by atoms with van der Waals surface area (Å²) >= 11 is 7.46. The van der Waals surface area contributed by atoms with Gasteiger partial charge in [-0.2, -0.15) is 0 Å². The van der Waals surface area contributed by atoms with E-state index in [1.165, 1.54) is 11.3 Å². The lowest BCUT2D eigenvalue weighted by Gasteiger charge is -2.36. The first-order valence-electron chi connectivity index (χ1n) is 10.9. The Kier molecular flexibility index (Phi) is 6.79. The number of nitrogens with zero attached hydrogens (tertiary/aromatic N) is 1. The zero-order chi connectivity index (χ0) is 23.8. The van der Waals surface area contributed by atoms with Crippen LogP contribution in [0.1, 0.15) is 50.1 Å². The van der Waals surface area contributed by atoms with Crippen molar-refractivity contribution in [3.63, 3.8) is 0 Å². The Morgan fingerprint density at radius 1 is 1.24 bits per heavy atom. The van der Waals surface area contributed by atoms with Gasteiger partial charge in [0.2, 0.25) is 0 Å². The zero-order valence-corrected chi connectivity index (χ0v) is 20.5. The number of hydrogen-bond acceptors (Lipinski definition) is 8. The molecule has 2 aliphatic rings. The number of methoxy groups -OCH3 is 1. The van der Waals surface area contributed by atoms with Gasteiger partial charge < -0.3 is 18.9 Å². The molecule has 0 bridgehead atoms. The second kappa shape index (κ2) is 9.44. The highest BCUT2D eigenvalue weighted by atomic mass is 35.5. The first-order chi connectivity index (χ1) is 15.7. The lowest BCUT2D eigenvalue weighted by atomic mass is 9.81. The van der Waals surface area contributed by atoms with Crippen molar-refractivity contribution in [2.45, 2.75) is 64.3 Å². The zero-order valence-electron chi connectivity index (χ0n) is 19.0. The van der Waals surface area contributed by atoms with E-state index in [0.717, 1.165) is 15.4 Å².